The molecule has 0 aliphatic heterocycles. The molecule has 21 heavy (non-hydrogen) atoms. The molecule has 1 aromatic rings. The zero-order valence-electron chi connectivity index (χ0n) is 12.9. The Morgan fingerprint density at radius 3 is 2.43 bits per heavy atom. The molecule has 0 unspecified atom stereocenters. The van der Waals surface area contributed by atoms with Crippen molar-refractivity contribution in [1.82, 2.24) is 5.32 Å². The summed E-state index contributed by atoms with van der Waals surface area (Å²) in [5.41, 5.74) is 1.12. The largest absolute Gasteiger partial charge is 0.444 e. The zero-order valence-corrected chi connectivity index (χ0v) is 15.1. The Kier molecular flexibility index (Phi) is 6.00. The van der Waals surface area contributed by atoms with E-state index in [1.54, 1.807) is 27.7 Å². The predicted octanol–water partition coefficient (Wildman–Crippen LogP) is 3.45. The summed E-state index contributed by atoms with van der Waals surface area (Å²) in [7, 11) is 0. The maximum absolute atomic E-state index is 12.1. The van der Waals surface area contributed by atoms with Gasteiger partial charge in [-0.3, -0.25) is 4.79 Å². The number of hydrogen-bond acceptors (Lipinski definition) is 3. The van der Waals surface area contributed by atoms with Crippen molar-refractivity contribution in [2.45, 2.75) is 46.3 Å². The smallest absolute Gasteiger partial charge is 0.408 e. The van der Waals surface area contributed by atoms with Crippen LogP contribution in [-0.2, 0) is 9.53 Å². The molecule has 0 bridgehead atoms. The molecular formula is C15H21IN2O3. The molecule has 1 aromatic carbocycles. The number of hydrogen-bond donors (Lipinski definition) is 2. The Morgan fingerprint density at radius 2 is 1.90 bits per heavy atom. The second kappa shape index (κ2) is 7.11. The summed E-state index contributed by atoms with van der Waals surface area (Å²) in [5, 5.41) is 5.31. The molecule has 0 aromatic heterocycles. The lowest BCUT2D eigenvalue weighted by Crippen LogP contribution is -2.44. The summed E-state index contributed by atoms with van der Waals surface area (Å²) in [6.45, 7) is 8.84. The van der Waals surface area contributed by atoms with Crippen molar-refractivity contribution in [2.75, 3.05) is 5.32 Å². The highest BCUT2D eigenvalue weighted by atomic mass is 127. The van der Waals surface area contributed by atoms with Crippen LogP contribution in [0.3, 0.4) is 0 Å². The van der Waals surface area contributed by atoms with Gasteiger partial charge in [0.2, 0.25) is 5.91 Å². The van der Waals surface area contributed by atoms with E-state index in [1.807, 2.05) is 25.1 Å². The molecule has 0 fully saturated rings. The first-order chi connectivity index (χ1) is 9.58. The van der Waals surface area contributed by atoms with Crippen LogP contribution in [0.5, 0.6) is 0 Å². The van der Waals surface area contributed by atoms with E-state index in [-0.39, 0.29) is 5.91 Å². The fourth-order valence-electron chi connectivity index (χ4n) is 1.56. The minimum absolute atomic E-state index is 0.287. The van der Waals surface area contributed by atoms with E-state index in [1.165, 1.54) is 0 Å². The van der Waals surface area contributed by atoms with Crippen molar-refractivity contribution < 1.29 is 14.3 Å². The second-order valence-electron chi connectivity index (χ2n) is 5.82. The number of anilines is 1. The van der Waals surface area contributed by atoms with Crippen LogP contribution < -0.4 is 10.6 Å². The van der Waals surface area contributed by atoms with Gasteiger partial charge < -0.3 is 15.4 Å². The monoisotopic (exact) mass is 404 g/mol. The van der Waals surface area contributed by atoms with E-state index in [9.17, 15) is 9.59 Å². The molecule has 1 atom stereocenters. The molecule has 2 N–H and O–H groups in total. The molecule has 6 heteroatoms. The highest BCUT2D eigenvalue weighted by Crippen LogP contribution is 2.17. The molecule has 0 aliphatic rings. The van der Waals surface area contributed by atoms with Gasteiger partial charge in [-0.1, -0.05) is 0 Å². The number of amides is 2. The predicted molar refractivity (Wildman–Crippen MR) is 91.4 cm³/mol. The lowest BCUT2D eigenvalue weighted by atomic mass is 10.2. The van der Waals surface area contributed by atoms with Gasteiger partial charge >= 0.3 is 6.09 Å². The molecule has 0 spiro atoms. The van der Waals surface area contributed by atoms with Crippen LogP contribution in [0.2, 0.25) is 0 Å². The molecule has 0 aliphatic carbocycles. The van der Waals surface area contributed by atoms with Crippen LogP contribution in [-0.4, -0.2) is 23.6 Å². The molecule has 116 valence electrons. The molecule has 5 nitrogen and oxygen atoms in total. The van der Waals surface area contributed by atoms with Gasteiger partial charge in [-0.15, -0.1) is 0 Å². The van der Waals surface area contributed by atoms with E-state index in [4.69, 9.17) is 4.74 Å². The van der Waals surface area contributed by atoms with E-state index in [0.29, 0.717) is 0 Å². The zero-order chi connectivity index (χ0) is 16.2. The Balaban J connectivity index is 2.61. The van der Waals surface area contributed by atoms with Crippen molar-refractivity contribution in [3.63, 3.8) is 0 Å². The van der Waals surface area contributed by atoms with Crippen molar-refractivity contribution in [1.29, 1.82) is 0 Å². The van der Waals surface area contributed by atoms with Crippen LogP contribution in [0, 0.1) is 10.5 Å². The van der Waals surface area contributed by atoms with Gasteiger partial charge in [0.05, 0.1) is 0 Å². The first-order valence-electron chi connectivity index (χ1n) is 6.65. The maximum Gasteiger partial charge on any atom is 0.408 e. The molecule has 0 heterocycles. The Labute approximate surface area is 139 Å². The quantitative estimate of drug-likeness (QED) is 0.759. The van der Waals surface area contributed by atoms with Gasteiger partial charge in [-0.05, 0) is 81.0 Å². The summed E-state index contributed by atoms with van der Waals surface area (Å²) in [4.78, 5) is 23.7. The summed E-state index contributed by atoms with van der Waals surface area (Å²) in [6, 6.07) is 5.05. The lowest BCUT2D eigenvalue weighted by molar-refractivity contribution is -0.117. The van der Waals surface area contributed by atoms with Gasteiger partial charge in [0.1, 0.15) is 11.6 Å². The first-order valence-corrected chi connectivity index (χ1v) is 7.73. The highest BCUT2D eigenvalue weighted by molar-refractivity contribution is 14.1. The van der Waals surface area contributed by atoms with Crippen molar-refractivity contribution in [2.24, 2.45) is 0 Å². The lowest BCUT2D eigenvalue weighted by Gasteiger charge is -2.21. The van der Waals surface area contributed by atoms with Crippen molar-refractivity contribution >= 4 is 40.3 Å². The van der Waals surface area contributed by atoms with E-state index in [0.717, 1.165) is 14.8 Å². The number of aryl methyl sites for hydroxylation is 1. The molecule has 2 amide bonds. The highest BCUT2D eigenvalue weighted by Gasteiger charge is 2.21. The number of carbonyl (C=O) groups is 2. The molecule has 0 saturated carbocycles. The number of ether oxygens (including phenoxy) is 1. The Bertz CT molecular complexity index is 538. The third-order valence-corrected chi connectivity index (χ3v) is 3.24. The SMILES string of the molecule is Cc1cc(I)ccc1NC(=O)[C@@H](C)NC(=O)OC(C)(C)C. The number of benzene rings is 1. The Morgan fingerprint density at radius 1 is 1.29 bits per heavy atom. The minimum Gasteiger partial charge on any atom is -0.444 e. The molecule has 0 saturated heterocycles. The maximum atomic E-state index is 12.1. The van der Waals surface area contributed by atoms with E-state index >= 15 is 0 Å². The first kappa shape index (κ1) is 17.7. The molecule has 1 rings (SSSR count). The van der Waals surface area contributed by atoms with Gasteiger partial charge in [-0.25, -0.2) is 4.79 Å². The molecule has 0 radical (unpaired) electrons. The summed E-state index contributed by atoms with van der Waals surface area (Å²) < 4.78 is 6.22. The minimum atomic E-state index is -0.682. The number of halogens is 1. The number of rotatable bonds is 3. The number of carbonyl (C=O) groups excluding carboxylic acids is 2. The number of nitrogens with one attached hydrogen (secondary N) is 2. The van der Waals surface area contributed by atoms with Gasteiger partial charge in [0.15, 0.2) is 0 Å². The normalized spacial score (nSPS) is 12.5. The fraction of sp³-hybridized carbons (Fsp3) is 0.467. The average Bonchev–Trinajstić information content (AvgIpc) is 2.29. The van der Waals surface area contributed by atoms with Crippen LogP contribution in [0.1, 0.15) is 33.3 Å². The molecular weight excluding hydrogens is 383 g/mol. The second-order valence-corrected chi connectivity index (χ2v) is 7.06. The van der Waals surface area contributed by atoms with Gasteiger partial charge in [-0.2, -0.15) is 0 Å². The summed E-state index contributed by atoms with van der Waals surface area (Å²) in [6.07, 6.45) is -0.607. The topological polar surface area (TPSA) is 67.4 Å². The third kappa shape index (κ3) is 6.33. The van der Waals surface area contributed by atoms with Crippen LogP contribution in [0.4, 0.5) is 10.5 Å². The van der Waals surface area contributed by atoms with Crippen molar-refractivity contribution in [3.8, 4) is 0 Å². The van der Waals surface area contributed by atoms with Gasteiger partial charge in [0, 0.05) is 9.26 Å². The standard InChI is InChI=1S/C15H21IN2O3/c1-9-8-11(16)6-7-12(9)18-13(19)10(2)17-14(20)21-15(3,4)5/h6-8,10H,1-5H3,(H,17,20)(H,18,19)/t10-/m1/s1. The van der Waals surface area contributed by atoms with Crippen LogP contribution >= 0.6 is 22.6 Å². The van der Waals surface area contributed by atoms with E-state index in [2.05, 4.69) is 33.2 Å². The number of alkyl carbamates (subject to hydrolysis) is 1. The van der Waals surface area contributed by atoms with Gasteiger partial charge in [0.25, 0.3) is 0 Å². The Hall–Kier alpha value is -1.31. The fourth-order valence-corrected chi connectivity index (χ4v) is 2.21. The van der Waals surface area contributed by atoms with Crippen molar-refractivity contribution in [3.05, 3.63) is 27.3 Å². The average molecular weight is 404 g/mol. The van der Waals surface area contributed by atoms with E-state index < -0.39 is 17.7 Å². The third-order valence-electron chi connectivity index (χ3n) is 2.57. The summed E-state index contributed by atoms with van der Waals surface area (Å²) >= 11 is 2.21. The summed E-state index contributed by atoms with van der Waals surface area (Å²) in [5.74, 6) is -0.287. The van der Waals surface area contributed by atoms with Crippen LogP contribution in [0.25, 0.3) is 0 Å². The van der Waals surface area contributed by atoms with Crippen LogP contribution in [0.15, 0.2) is 18.2 Å².